The molecule has 5 heterocycles. The molecule has 0 bridgehead atoms. The predicted molar refractivity (Wildman–Crippen MR) is 124 cm³/mol. The van der Waals surface area contributed by atoms with E-state index < -0.39 is 28.3 Å². The number of sulfonamides is 1. The predicted octanol–water partition coefficient (Wildman–Crippen LogP) is 1.05. The number of tetrazole rings is 1. The molecule has 2 aromatic heterocycles. The van der Waals surface area contributed by atoms with E-state index in [2.05, 4.69) is 25.1 Å². The first kappa shape index (κ1) is 22.8. The maximum Gasteiger partial charge on any atom is 0.341 e. The maximum absolute atomic E-state index is 12.7. The van der Waals surface area contributed by atoms with E-state index in [1.54, 1.807) is 22.2 Å². The van der Waals surface area contributed by atoms with Crippen LogP contribution in [0.2, 0.25) is 0 Å². The van der Waals surface area contributed by atoms with Gasteiger partial charge in [-0.3, -0.25) is 0 Å². The molecule has 3 saturated heterocycles. The van der Waals surface area contributed by atoms with E-state index in [0.29, 0.717) is 19.0 Å². The van der Waals surface area contributed by atoms with E-state index in [1.807, 2.05) is 24.3 Å². The van der Waals surface area contributed by atoms with Crippen LogP contribution < -0.4 is 14.4 Å². The monoisotopic (exact) mass is 520 g/mol. The van der Waals surface area contributed by atoms with Crippen LogP contribution in [0.15, 0.2) is 46.0 Å². The van der Waals surface area contributed by atoms with Gasteiger partial charge >= 0.3 is 6.01 Å². The smallest absolute Gasteiger partial charge is 0.341 e. The quantitative estimate of drug-likeness (QED) is 0.482. The summed E-state index contributed by atoms with van der Waals surface area (Å²) in [6, 6.07) is 10.4. The highest BCUT2D eigenvalue weighted by Gasteiger charge is 2.51. The first-order valence-electron chi connectivity index (χ1n) is 11.3. The van der Waals surface area contributed by atoms with Crippen LogP contribution in [0, 0.1) is 0 Å². The second-order valence-corrected chi connectivity index (χ2v) is 11.3. The number of ether oxygens (including phenoxy) is 4. The van der Waals surface area contributed by atoms with Gasteiger partial charge < -0.3 is 23.8 Å². The SMILES string of the molecule is O=S(=O)(N[C@H]1CO[C@H]2[C@@H]1OC[C@@H]2n1nnnc1Oc1cccc(N2CCOCC2)c1)c1cccs1. The van der Waals surface area contributed by atoms with Crippen molar-refractivity contribution in [3.8, 4) is 11.8 Å². The van der Waals surface area contributed by atoms with Crippen molar-refractivity contribution in [3.63, 3.8) is 0 Å². The Kier molecular flexibility index (Phi) is 6.16. The Morgan fingerprint density at radius 1 is 1.09 bits per heavy atom. The van der Waals surface area contributed by atoms with Crippen LogP contribution >= 0.6 is 11.3 Å². The summed E-state index contributed by atoms with van der Waals surface area (Å²) in [6.07, 6.45) is -0.881. The molecule has 3 aliphatic rings. The fraction of sp³-hybridized carbons (Fsp3) is 0.476. The number of morpholine rings is 1. The molecule has 4 atom stereocenters. The summed E-state index contributed by atoms with van der Waals surface area (Å²) < 4.78 is 53.2. The van der Waals surface area contributed by atoms with Gasteiger partial charge in [-0.2, -0.15) is 4.68 Å². The lowest BCUT2D eigenvalue weighted by Gasteiger charge is -2.29. The lowest BCUT2D eigenvalue weighted by molar-refractivity contribution is 0.0615. The molecule has 14 heteroatoms. The molecule has 6 rings (SSSR count). The lowest BCUT2D eigenvalue weighted by Crippen LogP contribution is -2.43. The summed E-state index contributed by atoms with van der Waals surface area (Å²) in [4.78, 5) is 2.23. The molecule has 0 unspecified atom stereocenters. The number of hydrogen-bond acceptors (Lipinski definition) is 11. The minimum Gasteiger partial charge on any atom is -0.423 e. The van der Waals surface area contributed by atoms with Gasteiger partial charge in [0, 0.05) is 24.8 Å². The van der Waals surface area contributed by atoms with E-state index in [0.717, 1.165) is 30.1 Å². The van der Waals surface area contributed by atoms with E-state index in [4.69, 9.17) is 18.9 Å². The molecular formula is C21H24N6O6S2. The number of hydrogen-bond donors (Lipinski definition) is 1. The molecule has 3 fully saturated rings. The van der Waals surface area contributed by atoms with Crippen molar-refractivity contribution in [2.75, 3.05) is 44.4 Å². The Balaban J connectivity index is 1.16. The van der Waals surface area contributed by atoms with E-state index >= 15 is 0 Å². The molecule has 1 aromatic carbocycles. The average molecular weight is 521 g/mol. The van der Waals surface area contributed by atoms with E-state index in [9.17, 15) is 8.42 Å². The number of benzene rings is 1. The molecule has 186 valence electrons. The van der Waals surface area contributed by atoms with Crippen LogP contribution in [0.3, 0.4) is 0 Å². The van der Waals surface area contributed by atoms with Crippen LogP contribution in [0.5, 0.6) is 11.8 Å². The third kappa shape index (κ3) is 4.52. The topological polar surface area (TPSA) is 130 Å². The second kappa shape index (κ2) is 9.44. The standard InChI is InChI=1S/C21H24N6O6S2/c28-35(29,18-5-2-10-34-18)23-16-12-31-20-17(13-32-19(16)20)27-21(22-24-25-27)33-15-4-1-3-14(11-15)26-6-8-30-9-7-26/h1-5,10-11,16-17,19-20,23H,6-9,12-13H2/t16-,17-,19+,20+/m0/s1. The fourth-order valence-electron chi connectivity index (χ4n) is 4.60. The molecule has 0 aliphatic carbocycles. The number of aromatic nitrogens is 4. The second-order valence-electron chi connectivity index (χ2n) is 8.43. The Labute approximate surface area is 205 Å². The fourth-order valence-corrected chi connectivity index (χ4v) is 6.84. The van der Waals surface area contributed by atoms with Gasteiger partial charge in [-0.1, -0.05) is 17.2 Å². The van der Waals surface area contributed by atoms with Gasteiger partial charge in [0.05, 0.1) is 32.5 Å². The number of fused-ring (bicyclic) bond motifs is 1. The van der Waals surface area contributed by atoms with Crippen molar-refractivity contribution in [2.24, 2.45) is 0 Å². The molecule has 35 heavy (non-hydrogen) atoms. The largest absolute Gasteiger partial charge is 0.423 e. The first-order chi connectivity index (χ1) is 17.1. The number of rotatable bonds is 7. The van der Waals surface area contributed by atoms with Crippen LogP contribution in [0.1, 0.15) is 6.04 Å². The van der Waals surface area contributed by atoms with Gasteiger partial charge in [-0.05, 0) is 34.0 Å². The molecule has 1 N–H and O–H groups in total. The zero-order valence-electron chi connectivity index (χ0n) is 18.6. The van der Waals surface area contributed by atoms with Gasteiger partial charge in [0.15, 0.2) is 0 Å². The van der Waals surface area contributed by atoms with Crippen molar-refractivity contribution in [1.29, 1.82) is 0 Å². The van der Waals surface area contributed by atoms with Gasteiger partial charge in [0.25, 0.3) is 0 Å². The van der Waals surface area contributed by atoms with Gasteiger partial charge in [0.1, 0.15) is 28.2 Å². The molecule has 0 amide bonds. The van der Waals surface area contributed by atoms with Crippen LogP contribution in [-0.4, -0.2) is 86.4 Å². The van der Waals surface area contributed by atoms with Gasteiger partial charge in [-0.15, -0.1) is 11.3 Å². The average Bonchev–Trinajstić information content (AvgIpc) is 3.66. The molecule has 12 nitrogen and oxygen atoms in total. The van der Waals surface area contributed by atoms with Crippen LogP contribution in [-0.2, 0) is 24.2 Å². The highest BCUT2D eigenvalue weighted by atomic mass is 32.2. The summed E-state index contributed by atoms with van der Waals surface area (Å²) in [5.41, 5.74) is 1.04. The number of nitrogens with zero attached hydrogens (tertiary/aromatic N) is 5. The van der Waals surface area contributed by atoms with Crippen LogP contribution in [0.4, 0.5) is 5.69 Å². The van der Waals surface area contributed by atoms with Crippen molar-refractivity contribution in [1.82, 2.24) is 24.9 Å². The molecular weight excluding hydrogens is 496 g/mol. The Bertz CT molecular complexity index is 1260. The van der Waals surface area contributed by atoms with E-state index in [-0.39, 0.29) is 29.5 Å². The van der Waals surface area contributed by atoms with Crippen molar-refractivity contribution in [3.05, 3.63) is 41.8 Å². The Hall–Kier alpha value is -2.62. The normalized spacial score (nSPS) is 26.7. The maximum atomic E-state index is 12.7. The lowest BCUT2D eigenvalue weighted by atomic mass is 10.1. The number of nitrogens with one attached hydrogen (secondary N) is 1. The molecule has 3 aliphatic heterocycles. The zero-order valence-corrected chi connectivity index (χ0v) is 20.2. The summed E-state index contributed by atoms with van der Waals surface area (Å²) >= 11 is 1.16. The van der Waals surface area contributed by atoms with Crippen molar-refractivity contribution in [2.45, 2.75) is 28.5 Å². The summed E-state index contributed by atoms with van der Waals surface area (Å²) in [5, 5.41) is 13.7. The molecule has 3 aromatic rings. The number of anilines is 1. The van der Waals surface area contributed by atoms with Gasteiger partial charge in [0.2, 0.25) is 10.0 Å². The zero-order chi connectivity index (χ0) is 23.8. The first-order valence-corrected chi connectivity index (χ1v) is 13.6. The Morgan fingerprint density at radius 3 is 2.77 bits per heavy atom. The van der Waals surface area contributed by atoms with Crippen molar-refractivity contribution < 1.29 is 27.4 Å². The third-order valence-electron chi connectivity index (χ3n) is 6.27. The molecule has 0 saturated carbocycles. The highest BCUT2D eigenvalue weighted by Crippen LogP contribution is 2.37. The summed E-state index contributed by atoms with van der Waals surface area (Å²) in [6.45, 7) is 3.48. The summed E-state index contributed by atoms with van der Waals surface area (Å²) in [5.74, 6) is 0.606. The molecule has 0 spiro atoms. The third-order valence-corrected chi connectivity index (χ3v) is 9.16. The number of thiophene rings is 1. The summed E-state index contributed by atoms with van der Waals surface area (Å²) in [7, 11) is -3.65. The minimum atomic E-state index is -3.65. The van der Waals surface area contributed by atoms with Crippen molar-refractivity contribution >= 4 is 27.0 Å². The van der Waals surface area contributed by atoms with Crippen LogP contribution in [0.25, 0.3) is 0 Å². The highest BCUT2D eigenvalue weighted by molar-refractivity contribution is 7.91. The molecule has 0 radical (unpaired) electrons. The van der Waals surface area contributed by atoms with E-state index in [1.165, 1.54) is 0 Å². The minimum absolute atomic E-state index is 0.191. The van der Waals surface area contributed by atoms with Gasteiger partial charge in [-0.25, -0.2) is 13.1 Å². The Morgan fingerprint density at radius 2 is 1.94 bits per heavy atom.